The Hall–Kier alpha value is -3.53. The lowest BCUT2D eigenvalue weighted by atomic mass is 10.2. The van der Waals surface area contributed by atoms with Crippen molar-refractivity contribution < 1.29 is 9.32 Å². The summed E-state index contributed by atoms with van der Waals surface area (Å²) in [5, 5.41) is 15.5. The summed E-state index contributed by atoms with van der Waals surface area (Å²) in [7, 11) is 0. The van der Waals surface area contributed by atoms with Crippen LogP contribution in [0.2, 0.25) is 0 Å². The van der Waals surface area contributed by atoms with E-state index in [0.29, 0.717) is 29.4 Å². The maximum Gasteiger partial charge on any atom is 0.227 e. The number of pyridine rings is 1. The number of carbonyl (C=O) groups is 1. The van der Waals surface area contributed by atoms with Gasteiger partial charge >= 0.3 is 0 Å². The van der Waals surface area contributed by atoms with Crippen molar-refractivity contribution in [3.8, 4) is 17.5 Å². The molecule has 3 aromatic rings. The number of hydrogen-bond donors (Lipinski definition) is 1. The van der Waals surface area contributed by atoms with E-state index in [1.165, 1.54) is 0 Å². The van der Waals surface area contributed by atoms with Gasteiger partial charge in [-0.05, 0) is 30.3 Å². The number of benzene rings is 1. The van der Waals surface area contributed by atoms with Crippen LogP contribution in [0.3, 0.4) is 0 Å². The zero-order valence-electron chi connectivity index (χ0n) is 12.6. The number of rotatable bonds is 5. The van der Waals surface area contributed by atoms with Crippen molar-refractivity contribution in [1.82, 2.24) is 15.1 Å². The van der Waals surface area contributed by atoms with Crippen LogP contribution in [0.5, 0.6) is 0 Å². The second kappa shape index (κ2) is 7.15. The van der Waals surface area contributed by atoms with Crippen LogP contribution in [0.15, 0.2) is 53.3 Å². The smallest absolute Gasteiger partial charge is 0.227 e. The molecule has 118 valence electrons. The van der Waals surface area contributed by atoms with Crippen LogP contribution in [0, 0.1) is 11.3 Å². The predicted molar refractivity (Wildman–Crippen MR) is 85.6 cm³/mol. The van der Waals surface area contributed by atoms with Gasteiger partial charge in [-0.2, -0.15) is 10.2 Å². The average Bonchev–Trinajstić information content (AvgIpc) is 3.10. The summed E-state index contributed by atoms with van der Waals surface area (Å²) in [6, 6.07) is 12.3. The van der Waals surface area contributed by atoms with Crippen molar-refractivity contribution in [3.05, 3.63) is 60.2 Å². The van der Waals surface area contributed by atoms with E-state index in [0.717, 1.165) is 5.56 Å². The summed E-state index contributed by atoms with van der Waals surface area (Å²) < 4.78 is 5.15. The first kappa shape index (κ1) is 15.4. The Labute approximate surface area is 138 Å². The molecule has 0 fully saturated rings. The molecule has 0 aliphatic carbocycles. The maximum atomic E-state index is 12.0. The van der Waals surface area contributed by atoms with E-state index in [2.05, 4.69) is 20.4 Å². The van der Waals surface area contributed by atoms with Gasteiger partial charge in [0.05, 0.1) is 11.6 Å². The van der Waals surface area contributed by atoms with Crippen LogP contribution in [0.25, 0.3) is 11.4 Å². The summed E-state index contributed by atoms with van der Waals surface area (Å²) in [5.41, 5.74) is 1.88. The SMILES string of the molecule is N#Cc1cccc(NC(=O)CCc2nc(-c3ccncc3)no2)c1. The largest absolute Gasteiger partial charge is 0.339 e. The molecule has 0 radical (unpaired) electrons. The third kappa shape index (κ3) is 3.81. The quantitative estimate of drug-likeness (QED) is 0.775. The first-order valence-electron chi connectivity index (χ1n) is 7.27. The van der Waals surface area contributed by atoms with E-state index in [4.69, 9.17) is 9.78 Å². The lowest BCUT2D eigenvalue weighted by Gasteiger charge is -2.04. The van der Waals surface area contributed by atoms with Crippen LogP contribution in [0.4, 0.5) is 5.69 Å². The highest BCUT2D eigenvalue weighted by Crippen LogP contribution is 2.15. The third-order valence-corrected chi connectivity index (χ3v) is 3.25. The molecule has 0 unspecified atom stereocenters. The Balaban J connectivity index is 1.57. The monoisotopic (exact) mass is 319 g/mol. The van der Waals surface area contributed by atoms with Crippen molar-refractivity contribution in [2.75, 3.05) is 5.32 Å². The summed E-state index contributed by atoms with van der Waals surface area (Å²) >= 11 is 0. The molecule has 1 N–H and O–H groups in total. The maximum absolute atomic E-state index is 12.0. The van der Waals surface area contributed by atoms with Crippen LogP contribution >= 0.6 is 0 Å². The Kier molecular flexibility index (Phi) is 4.58. The van der Waals surface area contributed by atoms with Gasteiger partial charge in [0.2, 0.25) is 17.6 Å². The van der Waals surface area contributed by atoms with Crippen molar-refractivity contribution in [1.29, 1.82) is 5.26 Å². The fourth-order valence-electron chi connectivity index (χ4n) is 2.09. The van der Waals surface area contributed by atoms with Crippen LogP contribution in [-0.2, 0) is 11.2 Å². The van der Waals surface area contributed by atoms with Crippen LogP contribution in [0.1, 0.15) is 17.9 Å². The van der Waals surface area contributed by atoms with E-state index in [-0.39, 0.29) is 12.3 Å². The Morgan fingerprint density at radius 1 is 1.25 bits per heavy atom. The molecule has 0 saturated carbocycles. The summed E-state index contributed by atoms with van der Waals surface area (Å²) in [5.74, 6) is 0.672. The second-order valence-electron chi connectivity index (χ2n) is 4.99. The van der Waals surface area contributed by atoms with Gasteiger partial charge in [-0.3, -0.25) is 9.78 Å². The van der Waals surface area contributed by atoms with Gasteiger partial charge in [0.15, 0.2) is 0 Å². The Morgan fingerprint density at radius 3 is 2.88 bits per heavy atom. The summed E-state index contributed by atoms with van der Waals surface area (Å²) in [6.07, 6.45) is 3.83. The number of hydrogen-bond acceptors (Lipinski definition) is 6. The molecule has 7 nitrogen and oxygen atoms in total. The minimum atomic E-state index is -0.186. The topological polar surface area (TPSA) is 105 Å². The number of amides is 1. The molecule has 1 aromatic carbocycles. The fourth-order valence-corrected chi connectivity index (χ4v) is 2.09. The first-order valence-corrected chi connectivity index (χ1v) is 7.27. The number of anilines is 1. The van der Waals surface area contributed by atoms with Crippen molar-refractivity contribution in [2.45, 2.75) is 12.8 Å². The number of nitrogens with one attached hydrogen (secondary N) is 1. The summed E-state index contributed by atoms with van der Waals surface area (Å²) in [6.45, 7) is 0. The second-order valence-corrected chi connectivity index (χ2v) is 4.99. The van der Waals surface area contributed by atoms with Gasteiger partial charge in [-0.25, -0.2) is 0 Å². The third-order valence-electron chi connectivity index (χ3n) is 3.25. The van der Waals surface area contributed by atoms with Crippen molar-refractivity contribution in [2.24, 2.45) is 0 Å². The highest BCUT2D eigenvalue weighted by Gasteiger charge is 2.11. The van der Waals surface area contributed by atoms with Gasteiger partial charge in [0.1, 0.15) is 0 Å². The zero-order chi connectivity index (χ0) is 16.8. The Morgan fingerprint density at radius 2 is 2.08 bits per heavy atom. The lowest BCUT2D eigenvalue weighted by Crippen LogP contribution is -2.12. The molecule has 24 heavy (non-hydrogen) atoms. The highest BCUT2D eigenvalue weighted by molar-refractivity contribution is 5.90. The lowest BCUT2D eigenvalue weighted by molar-refractivity contribution is -0.116. The van der Waals surface area contributed by atoms with Gasteiger partial charge in [0, 0.05) is 36.5 Å². The van der Waals surface area contributed by atoms with E-state index in [1.807, 2.05) is 6.07 Å². The van der Waals surface area contributed by atoms with Crippen molar-refractivity contribution in [3.63, 3.8) is 0 Å². The van der Waals surface area contributed by atoms with E-state index in [9.17, 15) is 4.79 Å². The standard InChI is InChI=1S/C17H13N5O2/c18-11-12-2-1-3-14(10-12)20-15(23)4-5-16-21-17(22-24-16)13-6-8-19-9-7-13/h1-3,6-10H,4-5H2,(H,20,23). The minimum absolute atomic E-state index is 0.186. The van der Waals surface area contributed by atoms with E-state index in [1.54, 1.807) is 48.8 Å². The zero-order valence-corrected chi connectivity index (χ0v) is 12.6. The molecule has 0 bridgehead atoms. The number of nitrogens with zero attached hydrogens (tertiary/aromatic N) is 4. The predicted octanol–water partition coefficient (Wildman–Crippen LogP) is 2.57. The molecule has 0 aliphatic heterocycles. The minimum Gasteiger partial charge on any atom is -0.339 e. The molecule has 2 aromatic heterocycles. The van der Waals surface area contributed by atoms with Gasteiger partial charge < -0.3 is 9.84 Å². The molecular formula is C17H13N5O2. The normalized spacial score (nSPS) is 10.1. The number of nitriles is 1. The molecule has 3 rings (SSSR count). The van der Waals surface area contributed by atoms with E-state index >= 15 is 0 Å². The van der Waals surface area contributed by atoms with Gasteiger partial charge in [-0.15, -0.1) is 0 Å². The highest BCUT2D eigenvalue weighted by atomic mass is 16.5. The van der Waals surface area contributed by atoms with E-state index < -0.39 is 0 Å². The fraction of sp³-hybridized carbons (Fsp3) is 0.118. The van der Waals surface area contributed by atoms with Crippen molar-refractivity contribution >= 4 is 11.6 Å². The molecular weight excluding hydrogens is 306 g/mol. The van der Waals surface area contributed by atoms with Gasteiger partial charge in [-0.1, -0.05) is 11.2 Å². The van der Waals surface area contributed by atoms with Crippen LogP contribution < -0.4 is 5.32 Å². The number of aromatic nitrogens is 3. The number of carbonyl (C=O) groups excluding carboxylic acids is 1. The number of aryl methyl sites for hydroxylation is 1. The molecule has 1 amide bonds. The van der Waals surface area contributed by atoms with Gasteiger partial charge in [0.25, 0.3) is 0 Å². The molecule has 7 heteroatoms. The molecule has 0 saturated heterocycles. The summed E-state index contributed by atoms with van der Waals surface area (Å²) in [4.78, 5) is 20.2. The molecule has 2 heterocycles. The molecule has 0 atom stereocenters. The molecule has 0 spiro atoms. The average molecular weight is 319 g/mol. The van der Waals surface area contributed by atoms with Crippen LogP contribution in [-0.4, -0.2) is 21.0 Å². The first-order chi connectivity index (χ1) is 11.7. The molecule has 0 aliphatic rings. The Bertz CT molecular complexity index is 883.